The number of aryl methyl sites for hydroxylation is 2. The zero-order valence-corrected chi connectivity index (χ0v) is 15.4. The van der Waals surface area contributed by atoms with Crippen LogP contribution in [0.4, 0.5) is 11.8 Å². The number of fused-ring (bicyclic) bond motifs is 1. The van der Waals surface area contributed by atoms with Gasteiger partial charge in [-0.3, -0.25) is 0 Å². The maximum Gasteiger partial charge on any atom is 0.227 e. The van der Waals surface area contributed by atoms with E-state index in [1.807, 2.05) is 13.0 Å². The lowest BCUT2D eigenvalue weighted by Crippen LogP contribution is -2.32. The highest BCUT2D eigenvalue weighted by atomic mass is 15.3. The molecule has 26 heavy (non-hydrogen) atoms. The van der Waals surface area contributed by atoms with E-state index in [1.165, 1.54) is 22.3 Å². The highest BCUT2D eigenvalue weighted by Crippen LogP contribution is 2.23. The average molecular weight is 344 g/mol. The van der Waals surface area contributed by atoms with Gasteiger partial charge in [0.2, 0.25) is 5.95 Å². The van der Waals surface area contributed by atoms with Crippen LogP contribution in [0.25, 0.3) is 0 Å². The average Bonchev–Trinajstić information content (AvgIpc) is 2.67. The summed E-state index contributed by atoms with van der Waals surface area (Å²) in [6, 6.07) is 19.2. The van der Waals surface area contributed by atoms with Crippen molar-refractivity contribution in [3.63, 3.8) is 0 Å². The standard InChI is InChI=1S/C22H24N4/c1-16-7-9-18(10-8-16)14-23-21-13-17(2)24-22(25-21)26-12-11-19-5-3-4-6-20(19)15-26/h3-10,13H,11-12,14-15H2,1-2H3,(H,23,24,25). The van der Waals surface area contributed by atoms with Gasteiger partial charge in [-0.15, -0.1) is 0 Å². The van der Waals surface area contributed by atoms with Crippen LogP contribution in [0.1, 0.15) is 27.9 Å². The van der Waals surface area contributed by atoms with Gasteiger partial charge in [-0.05, 0) is 37.0 Å². The van der Waals surface area contributed by atoms with Crippen molar-refractivity contribution in [1.29, 1.82) is 0 Å². The number of nitrogens with one attached hydrogen (secondary N) is 1. The molecule has 0 unspecified atom stereocenters. The number of benzene rings is 2. The predicted octanol–water partition coefficient (Wildman–Crippen LogP) is 4.27. The van der Waals surface area contributed by atoms with Gasteiger partial charge in [0, 0.05) is 31.4 Å². The zero-order valence-electron chi connectivity index (χ0n) is 15.4. The Balaban J connectivity index is 1.50. The minimum atomic E-state index is 0.763. The first-order valence-corrected chi connectivity index (χ1v) is 9.14. The molecular weight excluding hydrogens is 320 g/mol. The van der Waals surface area contributed by atoms with Gasteiger partial charge in [0.1, 0.15) is 5.82 Å². The van der Waals surface area contributed by atoms with Gasteiger partial charge < -0.3 is 10.2 Å². The molecule has 0 atom stereocenters. The molecular formula is C22H24N4. The predicted molar refractivity (Wildman–Crippen MR) is 106 cm³/mol. The number of hydrogen-bond acceptors (Lipinski definition) is 4. The molecule has 2 aromatic carbocycles. The molecule has 0 amide bonds. The lowest BCUT2D eigenvalue weighted by Gasteiger charge is -2.29. The minimum absolute atomic E-state index is 0.763. The topological polar surface area (TPSA) is 41.1 Å². The summed E-state index contributed by atoms with van der Waals surface area (Å²) in [6.07, 6.45) is 1.04. The van der Waals surface area contributed by atoms with Gasteiger partial charge in [-0.25, -0.2) is 4.98 Å². The molecule has 1 aliphatic heterocycles. The molecule has 1 aliphatic rings. The summed E-state index contributed by atoms with van der Waals surface area (Å²) >= 11 is 0. The molecule has 4 rings (SSSR count). The summed E-state index contributed by atoms with van der Waals surface area (Å²) in [7, 11) is 0. The van der Waals surface area contributed by atoms with Crippen LogP contribution in [0.3, 0.4) is 0 Å². The number of anilines is 2. The van der Waals surface area contributed by atoms with E-state index in [0.29, 0.717) is 0 Å². The third-order valence-electron chi connectivity index (χ3n) is 4.85. The molecule has 2 heterocycles. The smallest absolute Gasteiger partial charge is 0.227 e. The molecule has 0 saturated carbocycles. The normalized spacial score (nSPS) is 13.4. The van der Waals surface area contributed by atoms with Crippen LogP contribution in [0.5, 0.6) is 0 Å². The molecule has 0 aliphatic carbocycles. The van der Waals surface area contributed by atoms with Gasteiger partial charge in [-0.2, -0.15) is 4.98 Å². The fraction of sp³-hybridized carbons (Fsp3) is 0.273. The van der Waals surface area contributed by atoms with Crippen molar-refractivity contribution in [3.05, 3.63) is 82.5 Å². The van der Waals surface area contributed by atoms with E-state index in [1.54, 1.807) is 0 Å². The van der Waals surface area contributed by atoms with Crippen molar-refractivity contribution >= 4 is 11.8 Å². The fourth-order valence-corrected chi connectivity index (χ4v) is 3.35. The van der Waals surface area contributed by atoms with Crippen LogP contribution in [0.2, 0.25) is 0 Å². The molecule has 3 aromatic rings. The SMILES string of the molecule is Cc1ccc(CNc2cc(C)nc(N3CCc4ccccc4C3)n2)cc1. The van der Waals surface area contributed by atoms with Gasteiger partial charge in [-0.1, -0.05) is 54.1 Å². The van der Waals surface area contributed by atoms with Crippen molar-refractivity contribution in [1.82, 2.24) is 9.97 Å². The number of aromatic nitrogens is 2. The molecule has 4 nitrogen and oxygen atoms in total. The summed E-state index contributed by atoms with van der Waals surface area (Å²) < 4.78 is 0. The highest BCUT2D eigenvalue weighted by Gasteiger charge is 2.18. The van der Waals surface area contributed by atoms with Crippen LogP contribution in [0.15, 0.2) is 54.6 Å². The molecule has 0 saturated heterocycles. The second-order valence-corrected chi connectivity index (χ2v) is 6.97. The van der Waals surface area contributed by atoms with E-state index in [4.69, 9.17) is 4.98 Å². The Hall–Kier alpha value is -2.88. The highest BCUT2D eigenvalue weighted by molar-refractivity contribution is 5.46. The monoisotopic (exact) mass is 344 g/mol. The Bertz CT molecular complexity index is 902. The van der Waals surface area contributed by atoms with E-state index < -0.39 is 0 Å². The largest absolute Gasteiger partial charge is 0.366 e. The summed E-state index contributed by atoms with van der Waals surface area (Å²) in [5.41, 5.74) is 6.33. The Morgan fingerprint density at radius 1 is 0.962 bits per heavy atom. The summed E-state index contributed by atoms with van der Waals surface area (Å²) in [5, 5.41) is 3.44. The molecule has 0 radical (unpaired) electrons. The van der Waals surface area contributed by atoms with Gasteiger partial charge in [0.25, 0.3) is 0 Å². The van der Waals surface area contributed by atoms with Gasteiger partial charge in [0.05, 0.1) is 0 Å². The van der Waals surface area contributed by atoms with E-state index >= 15 is 0 Å². The maximum absolute atomic E-state index is 4.77. The summed E-state index contributed by atoms with van der Waals surface area (Å²) in [5.74, 6) is 1.69. The summed E-state index contributed by atoms with van der Waals surface area (Å²) in [6.45, 7) is 6.72. The van der Waals surface area contributed by atoms with Crippen molar-refractivity contribution in [2.75, 3.05) is 16.8 Å². The zero-order chi connectivity index (χ0) is 17.9. The van der Waals surface area contributed by atoms with E-state index in [9.17, 15) is 0 Å². The van der Waals surface area contributed by atoms with Crippen molar-refractivity contribution in [2.45, 2.75) is 33.4 Å². The maximum atomic E-state index is 4.77. The third-order valence-corrected chi connectivity index (χ3v) is 4.85. The first-order valence-electron chi connectivity index (χ1n) is 9.14. The molecule has 0 bridgehead atoms. The van der Waals surface area contributed by atoms with Crippen LogP contribution in [-0.2, 0) is 19.5 Å². The van der Waals surface area contributed by atoms with Crippen molar-refractivity contribution in [3.8, 4) is 0 Å². The number of rotatable bonds is 4. The first kappa shape index (κ1) is 16.6. The molecule has 0 spiro atoms. The lowest BCUT2D eigenvalue weighted by atomic mass is 10.0. The Morgan fingerprint density at radius 2 is 1.73 bits per heavy atom. The van der Waals surface area contributed by atoms with E-state index in [0.717, 1.165) is 43.5 Å². The second kappa shape index (κ2) is 7.16. The molecule has 4 heteroatoms. The van der Waals surface area contributed by atoms with Crippen LogP contribution in [0, 0.1) is 13.8 Å². The number of hydrogen-bond donors (Lipinski definition) is 1. The molecule has 0 fully saturated rings. The van der Waals surface area contributed by atoms with Crippen LogP contribution >= 0.6 is 0 Å². The van der Waals surface area contributed by atoms with E-state index in [-0.39, 0.29) is 0 Å². The van der Waals surface area contributed by atoms with E-state index in [2.05, 4.69) is 70.7 Å². The Kier molecular flexibility index (Phi) is 4.57. The third kappa shape index (κ3) is 3.69. The second-order valence-electron chi connectivity index (χ2n) is 6.97. The van der Waals surface area contributed by atoms with Crippen LogP contribution in [-0.4, -0.2) is 16.5 Å². The Morgan fingerprint density at radius 3 is 2.54 bits per heavy atom. The summed E-state index contributed by atoms with van der Waals surface area (Å²) in [4.78, 5) is 11.7. The minimum Gasteiger partial charge on any atom is -0.366 e. The Labute approximate surface area is 154 Å². The van der Waals surface area contributed by atoms with Gasteiger partial charge in [0.15, 0.2) is 0 Å². The quantitative estimate of drug-likeness (QED) is 0.767. The molecule has 132 valence electrons. The molecule has 1 N–H and O–H groups in total. The van der Waals surface area contributed by atoms with Crippen LogP contribution < -0.4 is 10.2 Å². The lowest BCUT2D eigenvalue weighted by molar-refractivity contribution is 0.706. The number of nitrogens with zero attached hydrogens (tertiary/aromatic N) is 3. The van der Waals surface area contributed by atoms with Crippen molar-refractivity contribution < 1.29 is 0 Å². The first-order chi connectivity index (χ1) is 12.7. The van der Waals surface area contributed by atoms with Crippen molar-refractivity contribution in [2.24, 2.45) is 0 Å². The molecule has 1 aromatic heterocycles. The fourth-order valence-electron chi connectivity index (χ4n) is 3.35. The van der Waals surface area contributed by atoms with Gasteiger partial charge >= 0.3 is 0 Å².